The van der Waals surface area contributed by atoms with Crippen LogP contribution in [0.2, 0.25) is 0 Å². The van der Waals surface area contributed by atoms with Gasteiger partial charge in [-0.2, -0.15) is 13.2 Å². The number of halogens is 3. The van der Waals surface area contributed by atoms with Gasteiger partial charge in [0.2, 0.25) is 0 Å². The molecule has 2 nitrogen and oxygen atoms in total. The molecule has 1 aliphatic carbocycles. The standard InChI is InChI=1S/C10H13F3N2S/c11-10(12,13)7-3-1-6(2-4-7)8-5-16-9(14)15-8/h5-7H,1-4H2,(H2,14,15). The summed E-state index contributed by atoms with van der Waals surface area (Å²) in [6.45, 7) is 0. The van der Waals surface area contributed by atoms with Crippen LogP contribution in [0.25, 0.3) is 0 Å². The van der Waals surface area contributed by atoms with Crippen LogP contribution in [0.15, 0.2) is 5.38 Å². The molecule has 0 aliphatic heterocycles. The highest BCUT2D eigenvalue weighted by atomic mass is 32.1. The van der Waals surface area contributed by atoms with E-state index in [2.05, 4.69) is 4.98 Å². The van der Waals surface area contributed by atoms with Gasteiger partial charge in [0.15, 0.2) is 5.13 Å². The first kappa shape index (κ1) is 11.7. The highest BCUT2D eigenvalue weighted by Crippen LogP contribution is 2.42. The first-order valence-corrected chi connectivity index (χ1v) is 6.12. The van der Waals surface area contributed by atoms with E-state index >= 15 is 0 Å². The van der Waals surface area contributed by atoms with Crippen LogP contribution in [0.1, 0.15) is 37.3 Å². The second kappa shape index (κ2) is 4.24. The van der Waals surface area contributed by atoms with Crippen molar-refractivity contribution in [2.24, 2.45) is 5.92 Å². The molecule has 1 aliphatic rings. The van der Waals surface area contributed by atoms with Gasteiger partial charge in [0.25, 0.3) is 0 Å². The maximum Gasteiger partial charge on any atom is 0.391 e. The van der Waals surface area contributed by atoms with Crippen LogP contribution in [0.4, 0.5) is 18.3 Å². The minimum Gasteiger partial charge on any atom is -0.375 e. The van der Waals surface area contributed by atoms with Crippen molar-refractivity contribution in [3.8, 4) is 0 Å². The molecule has 0 atom stereocenters. The van der Waals surface area contributed by atoms with Gasteiger partial charge < -0.3 is 5.73 Å². The molecule has 0 bridgehead atoms. The summed E-state index contributed by atoms with van der Waals surface area (Å²) in [5.41, 5.74) is 6.37. The highest BCUT2D eigenvalue weighted by molar-refractivity contribution is 7.13. The van der Waals surface area contributed by atoms with Crippen molar-refractivity contribution in [2.45, 2.75) is 37.8 Å². The monoisotopic (exact) mass is 250 g/mol. The average Bonchev–Trinajstić information content (AvgIpc) is 2.64. The Kier molecular flexibility index (Phi) is 3.10. The molecule has 1 aromatic heterocycles. The Balaban J connectivity index is 1.95. The van der Waals surface area contributed by atoms with Gasteiger partial charge in [0.05, 0.1) is 11.6 Å². The molecule has 0 aromatic carbocycles. The van der Waals surface area contributed by atoms with Crippen molar-refractivity contribution in [3.05, 3.63) is 11.1 Å². The third kappa shape index (κ3) is 2.48. The molecule has 1 aromatic rings. The summed E-state index contributed by atoms with van der Waals surface area (Å²) in [6, 6.07) is 0. The van der Waals surface area contributed by atoms with Crippen LogP contribution in [0.3, 0.4) is 0 Å². The van der Waals surface area contributed by atoms with E-state index in [1.54, 1.807) is 0 Å². The first-order valence-electron chi connectivity index (χ1n) is 5.24. The van der Waals surface area contributed by atoms with Crippen molar-refractivity contribution < 1.29 is 13.2 Å². The van der Waals surface area contributed by atoms with Gasteiger partial charge in [-0.25, -0.2) is 4.98 Å². The Labute approximate surface area is 95.7 Å². The quantitative estimate of drug-likeness (QED) is 0.827. The number of rotatable bonds is 1. The second-order valence-corrected chi connectivity index (χ2v) is 5.09. The second-order valence-electron chi connectivity index (χ2n) is 4.20. The maximum absolute atomic E-state index is 12.4. The SMILES string of the molecule is Nc1nc(C2CCC(C(F)(F)F)CC2)cs1. The largest absolute Gasteiger partial charge is 0.391 e. The summed E-state index contributed by atoms with van der Waals surface area (Å²) >= 11 is 1.35. The van der Waals surface area contributed by atoms with E-state index in [0.29, 0.717) is 18.0 Å². The molecule has 0 spiro atoms. The lowest BCUT2D eigenvalue weighted by atomic mass is 9.80. The van der Waals surface area contributed by atoms with Crippen LogP contribution in [0.5, 0.6) is 0 Å². The van der Waals surface area contributed by atoms with Crippen molar-refractivity contribution in [3.63, 3.8) is 0 Å². The van der Waals surface area contributed by atoms with E-state index in [0.717, 1.165) is 5.69 Å². The number of hydrogen-bond acceptors (Lipinski definition) is 3. The lowest BCUT2D eigenvalue weighted by Gasteiger charge is -2.28. The predicted octanol–water partition coefficient (Wildman–Crippen LogP) is 3.56. The number of anilines is 1. The van der Waals surface area contributed by atoms with Crippen LogP contribution in [0, 0.1) is 5.92 Å². The summed E-state index contributed by atoms with van der Waals surface area (Å²) in [7, 11) is 0. The predicted molar refractivity (Wildman–Crippen MR) is 57.3 cm³/mol. The van der Waals surface area contributed by atoms with Gasteiger partial charge in [-0.1, -0.05) is 0 Å². The van der Waals surface area contributed by atoms with Gasteiger partial charge in [0, 0.05) is 11.3 Å². The number of thiazole rings is 1. The van der Waals surface area contributed by atoms with Crippen molar-refractivity contribution in [2.75, 3.05) is 5.73 Å². The molecular weight excluding hydrogens is 237 g/mol. The van der Waals surface area contributed by atoms with Crippen LogP contribution in [-0.2, 0) is 0 Å². The molecule has 0 saturated heterocycles. The van der Waals surface area contributed by atoms with Crippen LogP contribution < -0.4 is 5.73 Å². The van der Waals surface area contributed by atoms with E-state index in [4.69, 9.17) is 5.73 Å². The normalized spacial score (nSPS) is 26.9. The fraction of sp³-hybridized carbons (Fsp3) is 0.700. The number of hydrogen-bond donors (Lipinski definition) is 1. The van der Waals surface area contributed by atoms with Gasteiger partial charge in [-0.15, -0.1) is 11.3 Å². The maximum atomic E-state index is 12.4. The van der Waals surface area contributed by atoms with Crippen molar-refractivity contribution in [1.29, 1.82) is 0 Å². The number of nitrogens with zero attached hydrogens (tertiary/aromatic N) is 1. The van der Waals surface area contributed by atoms with E-state index in [9.17, 15) is 13.2 Å². The zero-order valence-corrected chi connectivity index (χ0v) is 9.44. The van der Waals surface area contributed by atoms with Gasteiger partial charge >= 0.3 is 6.18 Å². The first-order chi connectivity index (χ1) is 7.47. The topological polar surface area (TPSA) is 38.9 Å². The number of nitrogen functional groups attached to an aromatic ring is 1. The van der Waals surface area contributed by atoms with Gasteiger partial charge in [-0.05, 0) is 25.7 Å². The zero-order valence-electron chi connectivity index (χ0n) is 8.63. The van der Waals surface area contributed by atoms with Gasteiger partial charge in [-0.3, -0.25) is 0 Å². The Bertz CT molecular complexity index is 353. The molecule has 0 amide bonds. The molecule has 1 saturated carbocycles. The third-order valence-corrected chi connectivity index (χ3v) is 3.84. The Morgan fingerprint density at radius 2 is 1.88 bits per heavy atom. The third-order valence-electron chi connectivity index (χ3n) is 3.15. The minimum absolute atomic E-state index is 0.159. The number of alkyl halides is 3. The number of nitrogens with two attached hydrogens (primary N) is 1. The van der Waals surface area contributed by atoms with Crippen LogP contribution >= 0.6 is 11.3 Å². The van der Waals surface area contributed by atoms with E-state index < -0.39 is 12.1 Å². The lowest BCUT2D eigenvalue weighted by Crippen LogP contribution is -2.27. The summed E-state index contributed by atoms with van der Waals surface area (Å²) in [5, 5.41) is 2.35. The smallest absolute Gasteiger partial charge is 0.375 e. The van der Waals surface area contributed by atoms with E-state index in [1.165, 1.54) is 11.3 Å². The van der Waals surface area contributed by atoms with E-state index in [1.807, 2.05) is 5.38 Å². The molecular formula is C10H13F3N2S. The van der Waals surface area contributed by atoms with Crippen molar-refractivity contribution >= 4 is 16.5 Å². The average molecular weight is 250 g/mol. The summed E-state index contributed by atoms with van der Waals surface area (Å²) < 4.78 is 37.3. The molecule has 16 heavy (non-hydrogen) atoms. The molecule has 90 valence electrons. The van der Waals surface area contributed by atoms with E-state index in [-0.39, 0.29) is 18.8 Å². The fourth-order valence-electron chi connectivity index (χ4n) is 2.20. The molecule has 1 fully saturated rings. The summed E-state index contributed by atoms with van der Waals surface area (Å²) in [6.07, 6.45) is -2.48. The molecule has 0 unspecified atom stereocenters. The molecule has 2 rings (SSSR count). The highest BCUT2D eigenvalue weighted by Gasteiger charge is 2.41. The minimum atomic E-state index is -4.04. The number of aromatic nitrogens is 1. The van der Waals surface area contributed by atoms with Crippen LogP contribution in [-0.4, -0.2) is 11.2 Å². The van der Waals surface area contributed by atoms with Crippen molar-refractivity contribution in [1.82, 2.24) is 4.98 Å². The Morgan fingerprint density at radius 3 is 2.31 bits per heavy atom. The Hall–Kier alpha value is -0.780. The summed E-state index contributed by atoms with van der Waals surface area (Å²) in [4.78, 5) is 4.14. The fourth-order valence-corrected chi connectivity index (χ4v) is 2.85. The molecule has 6 heteroatoms. The van der Waals surface area contributed by atoms with Gasteiger partial charge in [0.1, 0.15) is 0 Å². The Morgan fingerprint density at radius 1 is 1.25 bits per heavy atom. The zero-order chi connectivity index (χ0) is 11.8. The lowest BCUT2D eigenvalue weighted by molar-refractivity contribution is -0.182. The summed E-state index contributed by atoms with van der Waals surface area (Å²) in [5.74, 6) is -0.966. The molecule has 1 heterocycles. The molecule has 0 radical (unpaired) electrons. The molecule has 2 N–H and O–H groups in total.